The van der Waals surface area contributed by atoms with Crippen molar-refractivity contribution in [1.82, 2.24) is 0 Å². The maximum Gasteiger partial charge on any atom is 0.335 e. The van der Waals surface area contributed by atoms with Gasteiger partial charge in [-0.05, 0) is 46.3 Å². The molecule has 0 saturated heterocycles. The van der Waals surface area contributed by atoms with Gasteiger partial charge < -0.3 is 5.11 Å². The smallest absolute Gasteiger partial charge is 0.335 e. The number of hydrogen-bond donors (Lipinski definition) is 1. The Morgan fingerprint density at radius 3 is 2.05 bits per heavy atom. The lowest BCUT2D eigenvalue weighted by molar-refractivity contribution is 0.0696. The number of carboxylic acid groups (broad SMARTS) is 1. The van der Waals surface area contributed by atoms with Crippen LogP contribution in [-0.4, -0.2) is 22.9 Å². The van der Waals surface area contributed by atoms with Crippen LogP contribution in [0.1, 0.15) is 31.1 Å². The van der Waals surface area contributed by atoms with Crippen molar-refractivity contribution in [2.75, 3.05) is 4.90 Å². The first-order valence-electron chi connectivity index (χ1n) is 6.01. The number of hydrogen-bond acceptors (Lipinski definition) is 3. The number of aromatic carboxylic acids is 1. The fourth-order valence-electron chi connectivity index (χ4n) is 2.23. The van der Waals surface area contributed by atoms with E-state index in [1.807, 2.05) is 0 Å². The van der Waals surface area contributed by atoms with Crippen molar-refractivity contribution >= 4 is 39.4 Å². The van der Waals surface area contributed by atoms with Gasteiger partial charge in [-0.2, -0.15) is 0 Å². The molecule has 2 aromatic rings. The zero-order chi connectivity index (χ0) is 15.1. The fourth-order valence-corrected chi connectivity index (χ4v) is 2.79. The third-order valence-corrected chi connectivity index (χ3v) is 3.86. The van der Waals surface area contributed by atoms with E-state index in [9.17, 15) is 14.4 Å². The lowest BCUT2D eigenvalue weighted by Gasteiger charge is -2.16. The van der Waals surface area contributed by atoms with Gasteiger partial charge in [-0.15, -0.1) is 0 Å². The predicted octanol–water partition coefficient (Wildman–Crippen LogP) is 2.95. The number of carbonyl (C=O) groups is 3. The predicted molar refractivity (Wildman–Crippen MR) is 78.7 cm³/mol. The molecule has 104 valence electrons. The fraction of sp³-hybridized carbons (Fsp3) is 0. The van der Waals surface area contributed by atoms with Gasteiger partial charge >= 0.3 is 5.97 Å². The van der Waals surface area contributed by atoms with Gasteiger partial charge in [-0.3, -0.25) is 9.59 Å². The Bertz CT molecular complexity index is 765. The van der Waals surface area contributed by atoms with Crippen molar-refractivity contribution in [3.05, 3.63) is 63.6 Å². The number of carbonyl (C=O) groups excluding carboxylic acids is 2. The van der Waals surface area contributed by atoms with Crippen molar-refractivity contribution in [2.24, 2.45) is 0 Å². The SMILES string of the molecule is O=C(O)c1ccc(N2C(=O)c3ccccc3C2=O)c(Br)c1. The largest absolute Gasteiger partial charge is 0.478 e. The average Bonchev–Trinajstić information content (AvgIpc) is 2.72. The molecule has 0 atom stereocenters. The summed E-state index contributed by atoms with van der Waals surface area (Å²) in [4.78, 5) is 36.7. The molecule has 1 N–H and O–H groups in total. The second-order valence-corrected chi connectivity index (χ2v) is 5.32. The number of rotatable bonds is 2. The number of fused-ring (bicyclic) bond motifs is 1. The maximum absolute atomic E-state index is 12.3. The van der Waals surface area contributed by atoms with Crippen LogP contribution in [0.5, 0.6) is 0 Å². The normalized spacial score (nSPS) is 13.5. The summed E-state index contributed by atoms with van der Waals surface area (Å²) in [6.45, 7) is 0. The molecule has 0 aliphatic carbocycles. The van der Waals surface area contributed by atoms with E-state index in [0.29, 0.717) is 21.3 Å². The van der Waals surface area contributed by atoms with E-state index in [0.717, 1.165) is 4.90 Å². The average molecular weight is 346 g/mol. The summed E-state index contributed by atoms with van der Waals surface area (Å²) in [6.07, 6.45) is 0. The van der Waals surface area contributed by atoms with Gasteiger partial charge in [0.1, 0.15) is 0 Å². The molecule has 3 rings (SSSR count). The number of benzene rings is 2. The lowest BCUT2D eigenvalue weighted by atomic mass is 10.1. The molecule has 0 saturated carbocycles. The van der Waals surface area contributed by atoms with Gasteiger partial charge in [-0.1, -0.05) is 12.1 Å². The van der Waals surface area contributed by atoms with Crippen molar-refractivity contribution < 1.29 is 19.5 Å². The summed E-state index contributed by atoms with van der Waals surface area (Å²) >= 11 is 3.22. The highest BCUT2D eigenvalue weighted by Crippen LogP contribution is 2.33. The number of carboxylic acids is 1. The molecular formula is C15H8BrNO4. The monoisotopic (exact) mass is 345 g/mol. The lowest BCUT2D eigenvalue weighted by Crippen LogP contribution is -2.29. The quantitative estimate of drug-likeness (QED) is 0.849. The second kappa shape index (κ2) is 4.82. The van der Waals surface area contributed by atoms with Crippen LogP contribution in [0.3, 0.4) is 0 Å². The van der Waals surface area contributed by atoms with Crippen molar-refractivity contribution in [3.8, 4) is 0 Å². The minimum absolute atomic E-state index is 0.0715. The van der Waals surface area contributed by atoms with E-state index < -0.39 is 17.8 Å². The molecule has 2 amide bonds. The van der Waals surface area contributed by atoms with E-state index in [1.54, 1.807) is 24.3 Å². The van der Waals surface area contributed by atoms with Crippen LogP contribution >= 0.6 is 15.9 Å². The molecule has 21 heavy (non-hydrogen) atoms. The minimum Gasteiger partial charge on any atom is -0.478 e. The number of nitrogens with zero attached hydrogens (tertiary/aromatic N) is 1. The van der Waals surface area contributed by atoms with Gasteiger partial charge in [0, 0.05) is 4.47 Å². The summed E-state index contributed by atoms with van der Waals surface area (Å²) in [5, 5.41) is 8.94. The molecule has 0 radical (unpaired) electrons. The van der Waals surface area contributed by atoms with Crippen molar-refractivity contribution in [2.45, 2.75) is 0 Å². The second-order valence-electron chi connectivity index (χ2n) is 4.46. The van der Waals surface area contributed by atoms with E-state index in [1.165, 1.54) is 18.2 Å². The molecule has 0 spiro atoms. The van der Waals surface area contributed by atoms with Gasteiger partial charge in [0.2, 0.25) is 0 Å². The van der Waals surface area contributed by atoms with E-state index >= 15 is 0 Å². The van der Waals surface area contributed by atoms with Crippen LogP contribution in [0, 0.1) is 0 Å². The van der Waals surface area contributed by atoms with Gasteiger partial charge in [0.25, 0.3) is 11.8 Å². The third kappa shape index (κ3) is 2.04. The molecular weight excluding hydrogens is 338 g/mol. The van der Waals surface area contributed by atoms with Crippen LogP contribution in [-0.2, 0) is 0 Å². The Morgan fingerprint density at radius 1 is 1.00 bits per heavy atom. The molecule has 0 fully saturated rings. The molecule has 5 nitrogen and oxygen atoms in total. The topological polar surface area (TPSA) is 74.7 Å². The molecule has 1 aliphatic rings. The van der Waals surface area contributed by atoms with E-state index in [2.05, 4.69) is 15.9 Å². The van der Waals surface area contributed by atoms with Gasteiger partial charge in [-0.25, -0.2) is 9.69 Å². The number of anilines is 1. The Morgan fingerprint density at radius 2 is 1.57 bits per heavy atom. The van der Waals surface area contributed by atoms with Crippen LogP contribution in [0.15, 0.2) is 46.9 Å². The highest BCUT2D eigenvalue weighted by molar-refractivity contribution is 9.10. The minimum atomic E-state index is -1.08. The van der Waals surface area contributed by atoms with Gasteiger partial charge in [0.05, 0.1) is 22.4 Å². The first-order chi connectivity index (χ1) is 10.0. The number of amides is 2. The van der Waals surface area contributed by atoms with Crippen LogP contribution in [0.25, 0.3) is 0 Å². The molecule has 1 heterocycles. The summed E-state index contributed by atoms with van der Waals surface area (Å²) in [5.41, 5.74) is 1.09. The Kier molecular flexibility index (Phi) is 3.10. The Balaban J connectivity index is 2.09. The zero-order valence-electron chi connectivity index (χ0n) is 10.5. The van der Waals surface area contributed by atoms with E-state index in [-0.39, 0.29) is 5.56 Å². The maximum atomic E-state index is 12.3. The number of imide groups is 1. The summed E-state index contributed by atoms with van der Waals surface area (Å²) in [7, 11) is 0. The zero-order valence-corrected chi connectivity index (χ0v) is 12.1. The standard InChI is InChI=1S/C15H8BrNO4/c16-11-7-8(15(20)21)5-6-12(11)17-13(18)9-3-1-2-4-10(9)14(17)19/h1-7H,(H,20,21). The van der Waals surface area contributed by atoms with Crippen molar-refractivity contribution in [3.63, 3.8) is 0 Å². The van der Waals surface area contributed by atoms with Crippen molar-refractivity contribution in [1.29, 1.82) is 0 Å². The van der Waals surface area contributed by atoms with E-state index in [4.69, 9.17) is 5.11 Å². The highest BCUT2D eigenvalue weighted by atomic mass is 79.9. The first kappa shape index (κ1) is 13.5. The Labute approximate surface area is 127 Å². The summed E-state index contributed by atoms with van der Waals surface area (Å²) < 4.78 is 0.372. The summed E-state index contributed by atoms with van der Waals surface area (Å²) in [6, 6.07) is 10.7. The Hall–Kier alpha value is -2.47. The van der Waals surface area contributed by atoms with Crippen LogP contribution in [0.4, 0.5) is 5.69 Å². The molecule has 2 aromatic carbocycles. The molecule has 0 unspecified atom stereocenters. The molecule has 6 heteroatoms. The van der Waals surface area contributed by atoms with Crippen LogP contribution < -0.4 is 4.90 Å². The third-order valence-electron chi connectivity index (χ3n) is 3.23. The highest BCUT2D eigenvalue weighted by Gasteiger charge is 2.37. The molecule has 0 aromatic heterocycles. The molecule has 1 aliphatic heterocycles. The van der Waals surface area contributed by atoms with Gasteiger partial charge in [0.15, 0.2) is 0 Å². The summed E-state index contributed by atoms with van der Waals surface area (Å²) in [5.74, 6) is -1.91. The first-order valence-corrected chi connectivity index (χ1v) is 6.80. The number of halogens is 1. The molecule has 0 bridgehead atoms. The van der Waals surface area contributed by atoms with Crippen LogP contribution in [0.2, 0.25) is 0 Å².